The predicted molar refractivity (Wildman–Crippen MR) is 128 cm³/mol. The van der Waals surface area contributed by atoms with Gasteiger partial charge in [-0.1, -0.05) is 47.5 Å². The lowest BCUT2D eigenvalue weighted by Crippen LogP contribution is -2.36. The molecule has 3 aromatic carbocycles. The highest BCUT2D eigenvalue weighted by atomic mass is 35.5. The van der Waals surface area contributed by atoms with Crippen LogP contribution in [0.25, 0.3) is 17.0 Å². The summed E-state index contributed by atoms with van der Waals surface area (Å²) >= 11 is 12.1. The molecule has 0 bridgehead atoms. The van der Waals surface area contributed by atoms with Crippen molar-refractivity contribution in [2.24, 2.45) is 0 Å². The smallest absolute Gasteiger partial charge is 0.426 e. The SMILES string of the molecule is O=c1oc2c(c(=O)n1-c1ccc(Cl)c(Cl)c1)C1C=C(Oc3ccc(F)cc3)OC1c1ccccc1-2. The number of halogens is 3. The first-order chi connectivity index (χ1) is 16.9. The van der Waals surface area contributed by atoms with Crippen molar-refractivity contribution in [3.63, 3.8) is 0 Å². The Kier molecular flexibility index (Phi) is 5.05. The Morgan fingerprint density at radius 3 is 2.49 bits per heavy atom. The average molecular weight is 510 g/mol. The van der Waals surface area contributed by atoms with E-state index in [2.05, 4.69) is 0 Å². The van der Waals surface area contributed by atoms with E-state index in [1.165, 1.54) is 42.5 Å². The maximum absolute atomic E-state index is 13.7. The molecule has 1 aliphatic carbocycles. The van der Waals surface area contributed by atoms with Gasteiger partial charge in [0.15, 0.2) is 0 Å². The molecule has 1 aliphatic heterocycles. The Balaban J connectivity index is 1.53. The van der Waals surface area contributed by atoms with Gasteiger partial charge in [0, 0.05) is 17.2 Å². The zero-order chi connectivity index (χ0) is 24.3. The first kappa shape index (κ1) is 21.7. The summed E-state index contributed by atoms with van der Waals surface area (Å²) in [5, 5.41) is 0.477. The normalized spacial score (nSPS) is 17.6. The number of hydrogen-bond acceptors (Lipinski definition) is 5. The van der Waals surface area contributed by atoms with Gasteiger partial charge in [0.05, 0.1) is 27.2 Å². The molecule has 35 heavy (non-hydrogen) atoms. The highest BCUT2D eigenvalue weighted by molar-refractivity contribution is 6.42. The minimum absolute atomic E-state index is 0.154. The lowest BCUT2D eigenvalue weighted by molar-refractivity contribution is 0.0599. The molecule has 174 valence electrons. The molecule has 2 unspecified atom stereocenters. The molecule has 1 aromatic heterocycles. The molecule has 6 rings (SSSR count). The molecule has 0 amide bonds. The predicted octanol–water partition coefficient (Wildman–Crippen LogP) is 5.99. The van der Waals surface area contributed by atoms with Crippen molar-refractivity contribution in [3.05, 3.63) is 127 Å². The van der Waals surface area contributed by atoms with Gasteiger partial charge in [-0.05, 0) is 42.5 Å². The summed E-state index contributed by atoms with van der Waals surface area (Å²) in [5.41, 5.74) is 1.23. The fourth-order valence-electron chi connectivity index (χ4n) is 4.42. The van der Waals surface area contributed by atoms with Gasteiger partial charge >= 0.3 is 5.76 Å². The van der Waals surface area contributed by atoms with E-state index in [1.807, 2.05) is 12.1 Å². The number of aromatic nitrogens is 1. The highest BCUT2D eigenvalue weighted by Gasteiger charge is 2.43. The van der Waals surface area contributed by atoms with Crippen molar-refractivity contribution in [2.75, 3.05) is 0 Å². The maximum atomic E-state index is 13.7. The van der Waals surface area contributed by atoms with Gasteiger partial charge in [0.25, 0.3) is 11.5 Å². The molecule has 4 aromatic rings. The number of rotatable bonds is 3. The molecule has 2 aliphatic rings. The van der Waals surface area contributed by atoms with E-state index in [0.29, 0.717) is 11.3 Å². The number of fused-ring (bicyclic) bond motifs is 6. The van der Waals surface area contributed by atoms with Crippen molar-refractivity contribution < 1.29 is 18.3 Å². The van der Waals surface area contributed by atoms with E-state index < -0.39 is 29.2 Å². The zero-order valence-corrected chi connectivity index (χ0v) is 19.2. The van der Waals surface area contributed by atoms with Crippen LogP contribution in [-0.2, 0) is 4.74 Å². The molecule has 2 atom stereocenters. The Morgan fingerprint density at radius 1 is 0.943 bits per heavy atom. The van der Waals surface area contributed by atoms with Crippen LogP contribution in [0.15, 0.2) is 92.8 Å². The van der Waals surface area contributed by atoms with Crippen LogP contribution >= 0.6 is 23.2 Å². The number of nitrogens with zero attached hydrogens (tertiary/aromatic N) is 1. The molecule has 2 heterocycles. The summed E-state index contributed by atoms with van der Waals surface area (Å²) in [6.45, 7) is 0. The van der Waals surface area contributed by atoms with E-state index >= 15 is 0 Å². The van der Waals surface area contributed by atoms with Crippen LogP contribution in [0.4, 0.5) is 4.39 Å². The Bertz CT molecular complexity index is 1640. The van der Waals surface area contributed by atoms with E-state index in [1.54, 1.807) is 18.2 Å². The highest BCUT2D eigenvalue weighted by Crippen LogP contribution is 2.51. The minimum atomic E-state index is -0.855. The van der Waals surface area contributed by atoms with E-state index in [9.17, 15) is 14.0 Å². The van der Waals surface area contributed by atoms with Crippen molar-refractivity contribution in [1.82, 2.24) is 4.57 Å². The molecular weight excluding hydrogens is 496 g/mol. The van der Waals surface area contributed by atoms with E-state index in [4.69, 9.17) is 37.1 Å². The summed E-state index contributed by atoms with van der Waals surface area (Å²) in [6, 6.07) is 17.1. The Hall–Kier alpha value is -3.81. The van der Waals surface area contributed by atoms with Crippen LogP contribution < -0.4 is 16.1 Å². The molecule has 0 radical (unpaired) electrons. The lowest BCUT2D eigenvalue weighted by Gasteiger charge is -2.27. The van der Waals surface area contributed by atoms with E-state index in [-0.39, 0.29) is 33.0 Å². The third-order valence-corrected chi connectivity index (χ3v) is 6.71. The van der Waals surface area contributed by atoms with Gasteiger partial charge < -0.3 is 13.9 Å². The standard InChI is InChI=1S/C26H14Cl2FNO5/c27-19-10-7-14(11-20(19)28)30-25(31)22-18-12-21(33-15-8-5-13(29)6-9-15)34-23(18)16-3-1-2-4-17(16)24(22)35-26(30)32/h1-12,18,23H. The van der Waals surface area contributed by atoms with Crippen LogP contribution in [0.3, 0.4) is 0 Å². The van der Waals surface area contributed by atoms with Gasteiger partial charge in [-0.15, -0.1) is 0 Å². The quantitative estimate of drug-likeness (QED) is 0.339. The van der Waals surface area contributed by atoms with Crippen LogP contribution in [0, 0.1) is 5.82 Å². The molecule has 0 fully saturated rings. The molecule has 0 saturated carbocycles. The zero-order valence-electron chi connectivity index (χ0n) is 17.7. The van der Waals surface area contributed by atoms with Gasteiger partial charge in [-0.3, -0.25) is 4.79 Å². The fraction of sp³-hybridized carbons (Fsp3) is 0.0769. The minimum Gasteiger partial charge on any atom is -0.456 e. The number of hydrogen-bond donors (Lipinski definition) is 0. The number of ether oxygens (including phenoxy) is 2. The summed E-state index contributed by atoms with van der Waals surface area (Å²) in [5.74, 6) is -1.14. The Labute approximate surface area is 207 Å². The monoisotopic (exact) mass is 509 g/mol. The second kappa shape index (κ2) is 8.15. The van der Waals surface area contributed by atoms with Gasteiger partial charge in [-0.25, -0.2) is 13.8 Å². The Morgan fingerprint density at radius 2 is 1.71 bits per heavy atom. The molecule has 0 N–H and O–H groups in total. The van der Waals surface area contributed by atoms with Crippen LogP contribution in [0.1, 0.15) is 23.1 Å². The lowest BCUT2D eigenvalue weighted by atomic mass is 9.81. The van der Waals surface area contributed by atoms with Crippen LogP contribution in [0.2, 0.25) is 10.0 Å². The summed E-state index contributed by atoms with van der Waals surface area (Å²) < 4.78 is 31.8. The van der Waals surface area contributed by atoms with E-state index in [0.717, 1.165) is 10.1 Å². The fourth-order valence-corrected chi connectivity index (χ4v) is 4.71. The molecular formula is C26H14Cl2FNO5. The van der Waals surface area contributed by atoms with Gasteiger partial charge in [0.1, 0.15) is 23.4 Å². The van der Waals surface area contributed by atoms with Gasteiger partial charge in [-0.2, -0.15) is 0 Å². The average Bonchev–Trinajstić information content (AvgIpc) is 3.26. The van der Waals surface area contributed by atoms with Crippen molar-refractivity contribution >= 4 is 23.2 Å². The number of benzene rings is 3. The van der Waals surface area contributed by atoms with Gasteiger partial charge in [0.2, 0.25) is 0 Å². The van der Waals surface area contributed by atoms with Crippen molar-refractivity contribution in [3.8, 4) is 22.8 Å². The molecule has 0 saturated heterocycles. The van der Waals surface area contributed by atoms with Crippen molar-refractivity contribution in [2.45, 2.75) is 12.0 Å². The molecule has 9 heteroatoms. The molecule has 0 spiro atoms. The topological polar surface area (TPSA) is 70.7 Å². The third-order valence-electron chi connectivity index (χ3n) is 5.97. The summed E-state index contributed by atoms with van der Waals surface area (Å²) in [7, 11) is 0. The van der Waals surface area contributed by atoms with Crippen LogP contribution in [0.5, 0.6) is 5.75 Å². The van der Waals surface area contributed by atoms with Crippen molar-refractivity contribution in [1.29, 1.82) is 0 Å². The second-order valence-corrected chi connectivity index (χ2v) is 8.86. The first-order valence-electron chi connectivity index (χ1n) is 10.6. The molecule has 6 nitrogen and oxygen atoms in total. The maximum Gasteiger partial charge on any atom is 0.426 e. The largest absolute Gasteiger partial charge is 0.456 e. The summed E-state index contributed by atoms with van der Waals surface area (Å²) in [6.07, 6.45) is 1.07. The first-order valence-corrected chi connectivity index (χ1v) is 11.3. The third kappa shape index (κ3) is 3.55. The second-order valence-electron chi connectivity index (χ2n) is 8.04. The van der Waals surface area contributed by atoms with Crippen LogP contribution in [-0.4, -0.2) is 4.57 Å². The summed E-state index contributed by atoms with van der Waals surface area (Å²) in [4.78, 5) is 26.7.